The van der Waals surface area contributed by atoms with E-state index >= 15 is 0 Å². The first-order valence-electron chi connectivity index (χ1n) is 17.2. The van der Waals surface area contributed by atoms with Crippen LogP contribution in [0.25, 0.3) is 11.3 Å². The van der Waals surface area contributed by atoms with Crippen LogP contribution in [0, 0.1) is 17.8 Å². The number of nitrogens with two attached hydrogens (primary N) is 1. The molecular weight excluding hydrogens is 611 g/mol. The number of esters is 1. The van der Waals surface area contributed by atoms with Gasteiger partial charge in [0.2, 0.25) is 0 Å². The first-order valence-corrected chi connectivity index (χ1v) is 17.2. The van der Waals surface area contributed by atoms with E-state index < -0.39 is 53.1 Å². The second kappa shape index (κ2) is 15.4. The van der Waals surface area contributed by atoms with E-state index in [0.29, 0.717) is 44.6 Å². The lowest BCUT2D eigenvalue weighted by Gasteiger charge is -2.41. The number of fused-ring (bicyclic) bond motifs is 1. The highest BCUT2D eigenvalue weighted by molar-refractivity contribution is 6.15. The maximum atomic E-state index is 13.6. The Balaban J connectivity index is 1.54. The predicted octanol–water partition coefficient (Wildman–Crippen LogP) is 4.43. The minimum absolute atomic E-state index is 0.116. The normalized spacial score (nSPS) is 33.8. The summed E-state index contributed by atoms with van der Waals surface area (Å²) in [5.74, 6) is -3.18. The van der Waals surface area contributed by atoms with Crippen molar-refractivity contribution in [3.8, 4) is 11.3 Å². The molecule has 12 nitrogen and oxygen atoms in total. The molecule has 0 unspecified atom stereocenters. The predicted molar refractivity (Wildman–Crippen MR) is 184 cm³/mol. The molecule has 2 aliphatic rings. The Morgan fingerprint density at radius 2 is 1.83 bits per heavy atom. The van der Waals surface area contributed by atoms with Gasteiger partial charge >= 0.3 is 12.1 Å². The number of ketones is 1. The minimum Gasteiger partial charge on any atom is -0.458 e. The number of nitrogens with zero attached hydrogens (tertiary/aromatic N) is 4. The number of amides is 1. The van der Waals surface area contributed by atoms with Gasteiger partial charge in [-0.1, -0.05) is 38.1 Å². The molecule has 0 saturated carbocycles. The van der Waals surface area contributed by atoms with Crippen molar-refractivity contribution < 1.29 is 28.6 Å². The molecule has 0 bridgehead atoms. The van der Waals surface area contributed by atoms with Gasteiger partial charge in [-0.3, -0.25) is 19.2 Å². The van der Waals surface area contributed by atoms with Crippen molar-refractivity contribution in [1.82, 2.24) is 25.2 Å². The number of ether oxygens (including phenoxy) is 3. The maximum absolute atomic E-state index is 13.6. The number of nitrogens with one attached hydrogen (secondary N) is 1. The Bertz CT molecular complexity index is 1440. The molecule has 0 aliphatic carbocycles. The van der Waals surface area contributed by atoms with Gasteiger partial charge in [0, 0.05) is 43.4 Å². The molecule has 13 heteroatoms. The zero-order chi connectivity index (χ0) is 35.4. The van der Waals surface area contributed by atoms with Crippen LogP contribution in [0.3, 0.4) is 0 Å². The molecular formula is C35H53BN6O6. The minimum atomic E-state index is -1.17. The number of anilines is 1. The molecule has 2 fully saturated rings. The molecule has 3 N–H and O–H groups in total. The van der Waals surface area contributed by atoms with Crippen molar-refractivity contribution in [2.24, 2.45) is 17.8 Å². The zero-order valence-corrected chi connectivity index (χ0v) is 29.8. The third-order valence-corrected chi connectivity index (χ3v) is 10.4. The van der Waals surface area contributed by atoms with Gasteiger partial charge in [-0.05, 0) is 83.8 Å². The van der Waals surface area contributed by atoms with Gasteiger partial charge in [0.25, 0.3) is 0 Å². The monoisotopic (exact) mass is 664 g/mol. The van der Waals surface area contributed by atoms with E-state index in [0.717, 1.165) is 17.7 Å². The highest BCUT2D eigenvalue weighted by Gasteiger charge is 2.58. The Kier molecular flexibility index (Phi) is 12.0. The molecule has 2 aliphatic heterocycles. The number of Topliss-reactive ketones (excluding diaryl/α,β-unsaturated/α-hetero) is 1. The van der Waals surface area contributed by atoms with Gasteiger partial charge in [-0.25, -0.2) is 4.79 Å². The summed E-state index contributed by atoms with van der Waals surface area (Å²) < 4.78 is 19.9. The van der Waals surface area contributed by atoms with Crippen molar-refractivity contribution in [3.63, 3.8) is 0 Å². The highest BCUT2D eigenvalue weighted by atomic mass is 16.6. The van der Waals surface area contributed by atoms with Crippen LogP contribution >= 0.6 is 0 Å². The molecule has 2 aromatic rings. The van der Waals surface area contributed by atoms with Crippen LogP contribution in [0.2, 0.25) is 5.82 Å². The fourth-order valence-electron chi connectivity index (χ4n) is 7.46. The van der Waals surface area contributed by atoms with Gasteiger partial charge < -0.3 is 25.3 Å². The number of cyclic esters (lactones) is 1. The summed E-state index contributed by atoms with van der Waals surface area (Å²) in [6.07, 6.45) is 3.05. The molecule has 2 saturated heterocycles. The summed E-state index contributed by atoms with van der Waals surface area (Å²) in [7, 11) is 8.25. The highest BCUT2D eigenvalue weighted by Crippen LogP contribution is 2.40. The first kappa shape index (κ1) is 37.4. The largest absolute Gasteiger partial charge is 0.458 e. The van der Waals surface area contributed by atoms with Gasteiger partial charge in [0.05, 0.1) is 25.7 Å². The fourth-order valence-corrected chi connectivity index (χ4v) is 7.46. The lowest BCUT2D eigenvalue weighted by molar-refractivity contribution is -0.170. The molecule has 1 aromatic carbocycles. The fraction of sp³-hybridized carbons (Fsp3) is 0.686. The maximum Gasteiger partial charge on any atom is 0.410 e. The van der Waals surface area contributed by atoms with E-state index in [1.165, 1.54) is 0 Å². The standard InChI is InChI=1S/C35H53BN6O6/c1-9-28-35(7)31(24(5)38-19-21(2)18-34(6,46-8)30(36)22(3)29(43)23(4)32(44)47-28)42(33(45)48-35)16-11-10-15-41-20-27(39-40-41)25-13-12-14-26(37)17-25/h12-14,17,20-24,28,30-31,38H,9-11,15-16,18-19,37H2,1-8H3/t21-,22-,23-,24-,28-,30-,31-,34-,35-/m1/s1. The van der Waals surface area contributed by atoms with Gasteiger partial charge in [0.1, 0.15) is 23.5 Å². The van der Waals surface area contributed by atoms with E-state index in [4.69, 9.17) is 27.8 Å². The number of benzene rings is 1. The summed E-state index contributed by atoms with van der Waals surface area (Å²) in [4.78, 5) is 42.3. The topological polar surface area (TPSA) is 151 Å². The smallest absolute Gasteiger partial charge is 0.410 e. The number of nitrogen functional groups attached to an aromatic ring is 1. The molecule has 1 amide bonds. The SMILES string of the molecule is [B][C@@H]1[C@H](C)C(=O)[C@@H](C)C(=O)O[C@H](CC)[C@@]2(C)OC(=O)N(CCCCn3cc(-c4cccc(N)c4)nn3)[C@@H]2[C@@H](C)NC[C@H](C)C[C@@]1(C)OC. The number of rotatable bonds is 8. The zero-order valence-electron chi connectivity index (χ0n) is 29.8. The molecule has 4 rings (SSSR count). The molecule has 9 atom stereocenters. The third-order valence-electron chi connectivity index (χ3n) is 10.4. The van der Waals surface area contributed by atoms with E-state index in [1.54, 1.807) is 30.5 Å². The number of methoxy groups -OCH3 is 1. The average Bonchev–Trinajstić information content (AvgIpc) is 3.64. The quantitative estimate of drug-likeness (QED) is 0.136. The van der Waals surface area contributed by atoms with Crippen LogP contribution < -0.4 is 11.1 Å². The molecule has 2 radical (unpaired) electrons. The number of carbonyl (C=O) groups excluding carboxylic acids is 3. The Morgan fingerprint density at radius 1 is 1.12 bits per heavy atom. The molecule has 48 heavy (non-hydrogen) atoms. The van der Waals surface area contributed by atoms with Crippen molar-refractivity contribution in [2.45, 2.75) is 116 Å². The van der Waals surface area contributed by atoms with Crippen molar-refractivity contribution in [1.29, 1.82) is 0 Å². The number of unbranched alkanes of at least 4 members (excludes halogenated alkanes) is 1. The lowest BCUT2D eigenvalue weighted by Crippen LogP contribution is -2.61. The van der Waals surface area contributed by atoms with Crippen molar-refractivity contribution in [3.05, 3.63) is 30.5 Å². The van der Waals surface area contributed by atoms with E-state index in [9.17, 15) is 14.4 Å². The summed E-state index contributed by atoms with van der Waals surface area (Å²) in [5, 5.41) is 12.2. The molecule has 3 heterocycles. The van der Waals surface area contributed by atoms with E-state index in [2.05, 4.69) is 22.6 Å². The summed E-state index contributed by atoms with van der Waals surface area (Å²) in [6.45, 7) is 14.7. The van der Waals surface area contributed by atoms with Crippen LogP contribution in [-0.2, 0) is 30.3 Å². The Hall–Kier alpha value is -3.45. The first-order chi connectivity index (χ1) is 22.6. The van der Waals surface area contributed by atoms with Crippen LogP contribution in [0.15, 0.2) is 30.5 Å². The van der Waals surface area contributed by atoms with Crippen molar-refractivity contribution in [2.75, 3.05) is 25.9 Å². The number of aryl methyl sites for hydroxylation is 1. The van der Waals surface area contributed by atoms with Crippen LogP contribution in [-0.4, -0.2) is 95.2 Å². The van der Waals surface area contributed by atoms with Gasteiger partial charge in [0.15, 0.2) is 5.60 Å². The number of aromatic nitrogens is 3. The van der Waals surface area contributed by atoms with E-state index in [-0.39, 0.29) is 17.7 Å². The van der Waals surface area contributed by atoms with Crippen molar-refractivity contribution >= 4 is 31.4 Å². The number of hydrogen-bond acceptors (Lipinski definition) is 10. The number of hydrogen-bond donors (Lipinski definition) is 2. The molecule has 0 spiro atoms. The van der Waals surface area contributed by atoms with Crippen LogP contribution in [0.4, 0.5) is 10.5 Å². The lowest BCUT2D eigenvalue weighted by atomic mass is 9.62. The molecule has 262 valence electrons. The molecule has 1 aromatic heterocycles. The summed E-state index contributed by atoms with van der Waals surface area (Å²) in [5.41, 5.74) is 6.26. The second-order valence-electron chi connectivity index (χ2n) is 14.2. The Labute approximate surface area is 286 Å². The van der Waals surface area contributed by atoms with Gasteiger partial charge in [-0.2, -0.15) is 0 Å². The third kappa shape index (κ3) is 7.88. The number of carbonyl (C=O) groups is 3. The Morgan fingerprint density at radius 3 is 2.50 bits per heavy atom. The summed E-state index contributed by atoms with van der Waals surface area (Å²) in [6, 6.07) is 6.83. The van der Waals surface area contributed by atoms with Crippen LogP contribution in [0.5, 0.6) is 0 Å². The van der Waals surface area contributed by atoms with E-state index in [1.807, 2.05) is 58.2 Å². The van der Waals surface area contributed by atoms with Gasteiger partial charge in [-0.15, -0.1) is 5.10 Å². The van der Waals surface area contributed by atoms with Crippen LogP contribution in [0.1, 0.15) is 74.1 Å². The average molecular weight is 665 g/mol. The summed E-state index contributed by atoms with van der Waals surface area (Å²) >= 11 is 0. The second-order valence-corrected chi connectivity index (χ2v) is 14.2.